The molecule has 0 N–H and O–H groups in total. The fraction of sp³-hybridized carbons (Fsp3) is 0.500. The van der Waals surface area contributed by atoms with Crippen molar-refractivity contribution >= 4 is 11.8 Å². The largest absolute Gasteiger partial charge is 0.452 e. The van der Waals surface area contributed by atoms with Crippen molar-refractivity contribution in [3.8, 4) is 5.75 Å². The van der Waals surface area contributed by atoms with Crippen LogP contribution in [0.1, 0.15) is 17.5 Å². The van der Waals surface area contributed by atoms with Crippen LogP contribution in [0.2, 0.25) is 0 Å². The maximum atomic E-state index is 6.00. The van der Waals surface area contributed by atoms with Gasteiger partial charge in [-0.05, 0) is 30.5 Å². The predicted octanol–water partition coefficient (Wildman–Crippen LogP) is 2.74. The Balaban J connectivity index is 1.96. The SMILES string of the molecule is Cc1cccc2c1CC[C@]1(OCCS1)O2. The molecule has 1 saturated heterocycles. The highest BCUT2D eigenvalue weighted by Crippen LogP contribution is 2.44. The highest BCUT2D eigenvalue weighted by molar-refractivity contribution is 8.00. The van der Waals surface area contributed by atoms with E-state index in [0.717, 1.165) is 31.0 Å². The molecule has 1 aromatic rings. The minimum absolute atomic E-state index is 0.374. The number of aryl methyl sites for hydroxylation is 1. The first-order valence-electron chi connectivity index (χ1n) is 5.34. The second kappa shape index (κ2) is 3.42. The molecule has 2 heterocycles. The number of ether oxygens (including phenoxy) is 2. The molecule has 0 bridgehead atoms. The van der Waals surface area contributed by atoms with Gasteiger partial charge in [0, 0.05) is 12.2 Å². The second-order valence-corrected chi connectivity index (χ2v) is 5.35. The summed E-state index contributed by atoms with van der Waals surface area (Å²) in [4.78, 5) is 0. The van der Waals surface area contributed by atoms with Crippen LogP contribution in [0.5, 0.6) is 5.75 Å². The van der Waals surface area contributed by atoms with E-state index in [-0.39, 0.29) is 5.12 Å². The van der Waals surface area contributed by atoms with Gasteiger partial charge in [0.1, 0.15) is 5.75 Å². The molecule has 0 aliphatic carbocycles. The minimum atomic E-state index is -0.374. The van der Waals surface area contributed by atoms with Crippen molar-refractivity contribution in [2.75, 3.05) is 12.4 Å². The van der Waals surface area contributed by atoms with E-state index in [9.17, 15) is 0 Å². The average molecular weight is 222 g/mol. The van der Waals surface area contributed by atoms with Crippen molar-refractivity contribution in [3.05, 3.63) is 29.3 Å². The topological polar surface area (TPSA) is 18.5 Å². The van der Waals surface area contributed by atoms with Crippen LogP contribution < -0.4 is 4.74 Å². The number of benzene rings is 1. The molecule has 2 aliphatic heterocycles. The van der Waals surface area contributed by atoms with E-state index in [1.807, 2.05) is 12.1 Å². The molecule has 0 unspecified atom stereocenters. The third kappa shape index (κ3) is 1.54. The Morgan fingerprint density at radius 3 is 3.13 bits per heavy atom. The molecular formula is C12H14O2S. The maximum absolute atomic E-state index is 6.00. The van der Waals surface area contributed by atoms with Crippen molar-refractivity contribution in [2.24, 2.45) is 0 Å². The molecule has 80 valence electrons. The van der Waals surface area contributed by atoms with Crippen LogP contribution in [0, 0.1) is 6.92 Å². The minimum Gasteiger partial charge on any atom is -0.452 e. The maximum Gasteiger partial charge on any atom is 0.260 e. The van der Waals surface area contributed by atoms with E-state index in [4.69, 9.17) is 9.47 Å². The van der Waals surface area contributed by atoms with Crippen LogP contribution in [-0.4, -0.2) is 17.5 Å². The second-order valence-electron chi connectivity index (χ2n) is 4.03. The number of rotatable bonds is 0. The summed E-state index contributed by atoms with van der Waals surface area (Å²) < 4.78 is 11.7. The summed E-state index contributed by atoms with van der Waals surface area (Å²) in [6.07, 6.45) is 2.03. The first kappa shape index (κ1) is 9.55. The number of hydrogen-bond donors (Lipinski definition) is 0. The normalized spacial score (nSPS) is 28.9. The standard InChI is InChI=1S/C12H14O2S/c1-9-3-2-4-11-10(9)5-6-12(14-11)13-7-8-15-12/h2-4H,5-8H2,1H3/t12-/m0/s1. The predicted molar refractivity (Wildman–Crippen MR) is 61.3 cm³/mol. The molecule has 1 atom stereocenters. The fourth-order valence-electron chi connectivity index (χ4n) is 2.23. The molecule has 0 saturated carbocycles. The van der Waals surface area contributed by atoms with Crippen molar-refractivity contribution in [1.29, 1.82) is 0 Å². The van der Waals surface area contributed by atoms with Gasteiger partial charge in [-0.2, -0.15) is 0 Å². The van der Waals surface area contributed by atoms with E-state index in [2.05, 4.69) is 13.0 Å². The third-order valence-corrected chi connectivity index (χ3v) is 4.26. The monoisotopic (exact) mass is 222 g/mol. The Kier molecular flexibility index (Phi) is 2.18. The number of hydrogen-bond acceptors (Lipinski definition) is 3. The molecule has 3 heteroatoms. The molecule has 0 aromatic heterocycles. The molecular weight excluding hydrogens is 208 g/mol. The lowest BCUT2D eigenvalue weighted by atomic mass is 10.0. The molecule has 1 fully saturated rings. The highest BCUT2D eigenvalue weighted by Gasteiger charge is 2.41. The van der Waals surface area contributed by atoms with E-state index >= 15 is 0 Å². The molecule has 15 heavy (non-hydrogen) atoms. The van der Waals surface area contributed by atoms with Gasteiger partial charge >= 0.3 is 0 Å². The van der Waals surface area contributed by atoms with Gasteiger partial charge in [-0.25, -0.2) is 0 Å². The van der Waals surface area contributed by atoms with Gasteiger partial charge in [-0.15, -0.1) is 0 Å². The van der Waals surface area contributed by atoms with Crippen LogP contribution >= 0.6 is 11.8 Å². The lowest BCUT2D eigenvalue weighted by molar-refractivity contribution is -0.105. The van der Waals surface area contributed by atoms with E-state index in [1.54, 1.807) is 11.8 Å². The van der Waals surface area contributed by atoms with Crippen molar-refractivity contribution in [3.63, 3.8) is 0 Å². The Hall–Kier alpha value is -0.670. The quantitative estimate of drug-likeness (QED) is 0.672. The van der Waals surface area contributed by atoms with Crippen LogP contribution in [0.4, 0.5) is 0 Å². The Bertz CT molecular complexity index is 383. The molecule has 1 aromatic carbocycles. The molecule has 2 nitrogen and oxygen atoms in total. The zero-order valence-electron chi connectivity index (χ0n) is 8.79. The van der Waals surface area contributed by atoms with Crippen molar-refractivity contribution in [1.82, 2.24) is 0 Å². The summed E-state index contributed by atoms with van der Waals surface area (Å²) in [7, 11) is 0. The van der Waals surface area contributed by atoms with Gasteiger partial charge in [0.25, 0.3) is 5.12 Å². The van der Waals surface area contributed by atoms with Gasteiger partial charge in [0.15, 0.2) is 0 Å². The van der Waals surface area contributed by atoms with E-state index in [1.165, 1.54) is 11.1 Å². The van der Waals surface area contributed by atoms with Crippen LogP contribution in [-0.2, 0) is 11.2 Å². The van der Waals surface area contributed by atoms with E-state index < -0.39 is 0 Å². The Labute approximate surface area is 94.0 Å². The van der Waals surface area contributed by atoms with Gasteiger partial charge in [0.2, 0.25) is 0 Å². The Morgan fingerprint density at radius 2 is 2.33 bits per heavy atom. The molecule has 3 rings (SSSR count). The zero-order chi connectivity index (χ0) is 10.3. The fourth-order valence-corrected chi connectivity index (χ4v) is 3.27. The summed E-state index contributed by atoms with van der Waals surface area (Å²) in [5.74, 6) is 2.05. The lowest BCUT2D eigenvalue weighted by Crippen LogP contribution is -2.36. The lowest BCUT2D eigenvalue weighted by Gasteiger charge is -2.34. The molecule has 1 spiro atoms. The summed E-state index contributed by atoms with van der Waals surface area (Å²) in [6.45, 7) is 2.95. The summed E-state index contributed by atoms with van der Waals surface area (Å²) in [5.41, 5.74) is 2.67. The smallest absolute Gasteiger partial charge is 0.260 e. The summed E-state index contributed by atoms with van der Waals surface area (Å²) in [5, 5.41) is -0.374. The van der Waals surface area contributed by atoms with Crippen molar-refractivity contribution in [2.45, 2.75) is 24.9 Å². The molecule has 0 radical (unpaired) electrons. The zero-order valence-corrected chi connectivity index (χ0v) is 9.60. The van der Waals surface area contributed by atoms with Crippen LogP contribution in [0.3, 0.4) is 0 Å². The summed E-state index contributed by atoms with van der Waals surface area (Å²) >= 11 is 1.79. The molecule has 2 aliphatic rings. The van der Waals surface area contributed by atoms with Gasteiger partial charge in [0.05, 0.1) is 6.61 Å². The van der Waals surface area contributed by atoms with Crippen LogP contribution in [0.15, 0.2) is 18.2 Å². The van der Waals surface area contributed by atoms with Crippen molar-refractivity contribution < 1.29 is 9.47 Å². The van der Waals surface area contributed by atoms with Gasteiger partial charge in [-0.3, -0.25) is 0 Å². The number of thioether (sulfide) groups is 1. The van der Waals surface area contributed by atoms with Gasteiger partial charge in [-0.1, -0.05) is 23.9 Å². The third-order valence-electron chi connectivity index (χ3n) is 3.04. The summed E-state index contributed by atoms with van der Waals surface area (Å²) in [6, 6.07) is 6.24. The number of fused-ring (bicyclic) bond motifs is 1. The first-order valence-corrected chi connectivity index (χ1v) is 6.33. The molecule has 0 amide bonds. The average Bonchev–Trinajstić information content (AvgIpc) is 2.66. The van der Waals surface area contributed by atoms with Gasteiger partial charge < -0.3 is 9.47 Å². The highest BCUT2D eigenvalue weighted by atomic mass is 32.2. The van der Waals surface area contributed by atoms with E-state index in [0.29, 0.717) is 0 Å². The first-order chi connectivity index (χ1) is 7.29. The van der Waals surface area contributed by atoms with Crippen LogP contribution in [0.25, 0.3) is 0 Å². The Morgan fingerprint density at radius 1 is 1.40 bits per heavy atom.